The van der Waals surface area contributed by atoms with Crippen molar-refractivity contribution >= 4 is 18.0 Å². The summed E-state index contributed by atoms with van der Waals surface area (Å²) in [7, 11) is 0. The van der Waals surface area contributed by atoms with Gasteiger partial charge in [0.1, 0.15) is 18.2 Å². The number of carbonyl (C=O) groups excluding carboxylic acids is 2. The first-order valence-electron chi connectivity index (χ1n) is 11.4. The van der Waals surface area contributed by atoms with E-state index in [1.165, 1.54) is 0 Å². The molecule has 174 valence electrons. The van der Waals surface area contributed by atoms with Crippen molar-refractivity contribution in [2.45, 2.75) is 51.1 Å². The molecule has 0 radical (unpaired) electrons. The highest BCUT2D eigenvalue weighted by atomic mass is 16.5. The summed E-state index contributed by atoms with van der Waals surface area (Å²) in [6.45, 7) is 5.24. The van der Waals surface area contributed by atoms with Crippen LogP contribution in [0.3, 0.4) is 0 Å². The lowest BCUT2D eigenvalue weighted by atomic mass is 9.93. The normalized spacial score (nSPS) is 17.5. The van der Waals surface area contributed by atoms with E-state index in [1.54, 1.807) is 20.8 Å². The van der Waals surface area contributed by atoms with Crippen LogP contribution in [0.4, 0.5) is 4.79 Å². The maximum absolute atomic E-state index is 13.0. The molecule has 2 unspecified atom stereocenters. The van der Waals surface area contributed by atoms with Gasteiger partial charge in [-0.05, 0) is 53.9 Å². The molecule has 2 aliphatic carbocycles. The molecule has 0 heterocycles. The molecule has 0 saturated heterocycles. The van der Waals surface area contributed by atoms with Crippen LogP contribution in [-0.2, 0) is 14.3 Å². The number of rotatable bonds is 8. The van der Waals surface area contributed by atoms with Crippen molar-refractivity contribution in [3.8, 4) is 11.1 Å². The Morgan fingerprint density at radius 2 is 1.58 bits per heavy atom. The van der Waals surface area contributed by atoms with E-state index in [0.29, 0.717) is 0 Å². The van der Waals surface area contributed by atoms with Gasteiger partial charge in [0.2, 0.25) is 5.91 Å². The van der Waals surface area contributed by atoms with Crippen LogP contribution in [0.15, 0.2) is 48.5 Å². The number of benzene rings is 2. The standard InChI is InChI=1S/C26H30N2O5/c1-15(2)22(23(29)30)27-24(31)26(3,16-12-13-16)28-25(32)33-14-21-19-10-6-4-8-17(19)18-9-5-7-11-20(18)21/h4-11,15-16,21-22H,12-14H2,1-3H3,(H,27,31)(H,28,32)(H,29,30). The van der Waals surface area contributed by atoms with Gasteiger partial charge >= 0.3 is 12.1 Å². The highest BCUT2D eigenvalue weighted by Crippen LogP contribution is 2.44. The van der Waals surface area contributed by atoms with Crippen LogP contribution in [0.25, 0.3) is 11.1 Å². The number of carbonyl (C=O) groups is 3. The van der Waals surface area contributed by atoms with Gasteiger partial charge in [0.25, 0.3) is 0 Å². The minimum absolute atomic E-state index is 0.0559. The summed E-state index contributed by atoms with van der Waals surface area (Å²) in [5, 5.41) is 14.8. The van der Waals surface area contributed by atoms with E-state index in [-0.39, 0.29) is 24.4 Å². The second kappa shape index (κ2) is 8.89. The molecule has 7 nitrogen and oxygen atoms in total. The topological polar surface area (TPSA) is 105 Å². The Morgan fingerprint density at radius 3 is 2.06 bits per heavy atom. The van der Waals surface area contributed by atoms with Crippen LogP contribution in [0.2, 0.25) is 0 Å². The van der Waals surface area contributed by atoms with Gasteiger partial charge in [-0.1, -0.05) is 62.4 Å². The van der Waals surface area contributed by atoms with E-state index in [4.69, 9.17) is 4.74 Å². The first kappa shape index (κ1) is 22.8. The van der Waals surface area contributed by atoms with Crippen LogP contribution in [-0.4, -0.2) is 41.3 Å². The third-order valence-electron chi connectivity index (χ3n) is 6.79. The molecular weight excluding hydrogens is 420 g/mol. The van der Waals surface area contributed by atoms with E-state index in [1.807, 2.05) is 36.4 Å². The van der Waals surface area contributed by atoms with E-state index in [9.17, 15) is 19.5 Å². The molecule has 7 heteroatoms. The first-order valence-corrected chi connectivity index (χ1v) is 11.4. The van der Waals surface area contributed by atoms with Gasteiger partial charge in [0, 0.05) is 5.92 Å². The fraction of sp³-hybridized carbons (Fsp3) is 0.423. The van der Waals surface area contributed by atoms with Gasteiger partial charge < -0.3 is 20.5 Å². The maximum atomic E-state index is 13.0. The van der Waals surface area contributed by atoms with Crippen LogP contribution in [0.5, 0.6) is 0 Å². The lowest BCUT2D eigenvalue weighted by Crippen LogP contribution is -2.61. The number of hydrogen-bond donors (Lipinski definition) is 3. The Kier molecular flexibility index (Phi) is 6.15. The van der Waals surface area contributed by atoms with Gasteiger partial charge in [-0.15, -0.1) is 0 Å². The average molecular weight is 451 g/mol. The third kappa shape index (κ3) is 4.45. The number of fused-ring (bicyclic) bond motifs is 3. The summed E-state index contributed by atoms with van der Waals surface area (Å²) >= 11 is 0. The van der Waals surface area contributed by atoms with Crippen LogP contribution >= 0.6 is 0 Å². The first-order chi connectivity index (χ1) is 15.7. The fourth-order valence-corrected chi connectivity index (χ4v) is 4.66. The summed E-state index contributed by atoms with van der Waals surface area (Å²) in [5.41, 5.74) is 3.26. The monoisotopic (exact) mass is 450 g/mol. The number of alkyl carbamates (subject to hydrolysis) is 1. The van der Waals surface area contributed by atoms with Crippen molar-refractivity contribution in [1.29, 1.82) is 0 Å². The molecule has 0 aliphatic heterocycles. The molecule has 0 spiro atoms. The largest absolute Gasteiger partial charge is 0.480 e. The maximum Gasteiger partial charge on any atom is 0.408 e. The lowest BCUT2D eigenvalue weighted by Gasteiger charge is -2.31. The van der Waals surface area contributed by atoms with Crippen LogP contribution in [0.1, 0.15) is 50.7 Å². The molecule has 33 heavy (non-hydrogen) atoms. The van der Waals surface area contributed by atoms with E-state index in [2.05, 4.69) is 22.8 Å². The van der Waals surface area contributed by atoms with Crippen molar-refractivity contribution in [3.05, 3.63) is 59.7 Å². The van der Waals surface area contributed by atoms with Crippen LogP contribution < -0.4 is 10.6 Å². The van der Waals surface area contributed by atoms with E-state index >= 15 is 0 Å². The Morgan fingerprint density at radius 1 is 1.03 bits per heavy atom. The van der Waals surface area contributed by atoms with Crippen molar-refractivity contribution < 1.29 is 24.2 Å². The minimum atomic E-state index is -1.23. The number of nitrogens with one attached hydrogen (secondary N) is 2. The molecule has 2 aromatic rings. The van der Waals surface area contributed by atoms with E-state index in [0.717, 1.165) is 35.1 Å². The molecule has 2 atom stereocenters. The zero-order valence-corrected chi connectivity index (χ0v) is 19.1. The highest BCUT2D eigenvalue weighted by Gasteiger charge is 2.49. The number of hydrogen-bond acceptors (Lipinski definition) is 4. The number of aliphatic carboxylic acids is 1. The Hall–Kier alpha value is -3.35. The molecular formula is C26H30N2O5. The molecule has 3 N–H and O–H groups in total. The quantitative estimate of drug-likeness (QED) is 0.565. The van der Waals surface area contributed by atoms with Crippen molar-refractivity contribution in [3.63, 3.8) is 0 Å². The summed E-state index contributed by atoms with van der Waals surface area (Å²) in [6.07, 6.45) is 0.887. The summed E-state index contributed by atoms with van der Waals surface area (Å²) in [6, 6.07) is 15.1. The van der Waals surface area contributed by atoms with Crippen molar-refractivity contribution in [2.75, 3.05) is 6.61 Å². The second-order valence-corrected chi connectivity index (χ2v) is 9.46. The minimum Gasteiger partial charge on any atom is -0.480 e. The summed E-state index contributed by atoms with van der Waals surface area (Å²) < 4.78 is 5.62. The highest BCUT2D eigenvalue weighted by molar-refractivity contribution is 5.93. The lowest BCUT2D eigenvalue weighted by molar-refractivity contribution is -0.144. The predicted molar refractivity (Wildman–Crippen MR) is 124 cm³/mol. The second-order valence-electron chi connectivity index (χ2n) is 9.46. The zero-order chi connectivity index (χ0) is 23.8. The molecule has 2 amide bonds. The number of carboxylic acids is 1. The Balaban J connectivity index is 1.45. The van der Waals surface area contributed by atoms with Crippen molar-refractivity contribution in [2.24, 2.45) is 11.8 Å². The molecule has 1 fully saturated rings. The molecule has 2 aliphatic rings. The number of amides is 2. The molecule has 4 rings (SSSR count). The van der Waals surface area contributed by atoms with Gasteiger partial charge in [-0.25, -0.2) is 9.59 Å². The van der Waals surface area contributed by atoms with Gasteiger partial charge in [-0.3, -0.25) is 4.79 Å². The Bertz CT molecular complexity index is 1030. The summed E-state index contributed by atoms with van der Waals surface area (Å²) in [4.78, 5) is 37.4. The average Bonchev–Trinajstić information content (AvgIpc) is 3.59. The van der Waals surface area contributed by atoms with Crippen molar-refractivity contribution in [1.82, 2.24) is 10.6 Å². The molecule has 0 aromatic heterocycles. The van der Waals surface area contributed by atoms with Crippen LogP contribution in [0, 0.1) is 11.8 Å². The van der Waals surface area contributed by atoms with E-state index < -0.39 is 29.6 Å². The SMILES string of the molecule is CC(C)C(NC(=O)C(C)(NC(=O)OCC1c2ccccc2-c2ccccc21)C1CC1)C(=O)O. The third-order valence-corrected chi connectivity index (χ3v) is 6.79. The van der Waals surface area contributed by atoms with Gasteiger partial charge in [0.05, 0.1) is 0 Å². The van der Waals surface area contributed by atoms with Gasteiger partial charge in [-0.2, -0.15) is 0 Å². The fourth-order valence-electron chi connectivity index (χ4n) is 4.66. The Labute approximate surface area is 193 Å². The number of ether oxygens (including phenoxy) is 1. The number of carboxylic acid groups (broad SMARTS) is 1. The zero-order valence-electron chi connectivity index (χ0n) is 19.1. The predicted octanol–water partition coefficient (Wildman–Crippen LogP) is 3.92. The molecule has 2 aromatic carbocycles. The smallest absolute Gasteiger partial charge is 0.408 e. The molecule has 0 bridgehead atoms. The van der Waals surface area contributed by atoms with Gasteiger partial charge in [0.15, 0.2) is 0 Å². The molecule has 1 saturated carbocycles. The summed E-state index contributed by atoms with van der Waals surface area (Å²) in [5.74, 6) is -2.03.